The minimum atomic E-state index is -1.19. The van der Waals surface area contributed by atoms with E-state index in [2.05, 4.69) is 29.4 Å². The smallest absolute Gasteiger partial charge is 0.337 e. The molecule has 42 heavy (non-hydrogen) atoms. The Hall–Kier alpha value is -3.17. The second-order valence-electron chi connectivity index (χ2n) is 11.8. The molecule has 1 spiro atoms. The molecule has 7 nitrogen and oxygen atoms in total. The van der Waals surface area contributed by atoms with Crippen LogP contribution in [0.3, 0.4) is 0 Å². The number of esters is 1. The van der Waals surface area contributed by atoms with Gasteiger partial charge in [-0.05, 0) is 60.2 Å². The molecule has 3 aliphatic rings. The van der Waals surface area contributed by atoms with Gasteiger partial charge < -0.3 is 21.1 Å². The number of carbonyl (C=O) groups is 2. The summed E-state index contributed by atoms with van der Waals surface area (Å²) in [6.45, 7) is 4.92. The minimum absolute atomic E-state index is 0.00626. The van der Waals surface area contributed by atoms with Gasteiger partial charge in [0, 0.05) is 52.5 Å². The Balaban J connectivity index is 1.52. The van der Waals surface area contributed by atoms with Gasteiger partial charge in [-0.15, -0.1) is 0 Å². The van der Waals surface area contributed by atoms with Crippen LogP contribution in [0.4, 0.5) is 15.8 Å². The highest BCUT2D eigenvalue weighted by molar-refractivity contribution is 6.31. The maximum Gasteiger partial charge on any atom is 0.337 e. The van der Waals surface area contributed by atoms with E-state index in [0.29, 0.717) is 46.4 Å². The van der Waals surface area contributed by atoms with Gasteiger partial charge in [0.1, 0.15) is 11.4 Å². The summed E-state index contributed by atoms with van der Waals surface area (Å²) in [5.74, 6) is -1.44. The fourth-order valence-corrected chi connectivity index (χ4v) is 7.65. The Kier molecular flexibility index (Phi) is 7.46. The van der Waals surface area contributed by atoms with Crippen LogP contribution in [0.25, 0.3) is 0 Å². The van der Waals surface area contributed by atoms with Crippen molar-refractivity contribution in [2.45, 2.75) is 56.3 Å². The first-order chi connectivity index (χ1) is 20.1. The molecule has 2 fully saturated rings. The number of nitrogens with two attached hydrogens (primary N) is 1. The third-order valence-electron chi connectivity index (χ3n) is 9.08. The number of fused-ring (bicyclic) bond motifs is 3. The van der Waals surface area contributed by atoms with Gasteiger partial charge in [-0.2, -0.15) is 0 Å². The highest BCUT2D eigenvalue weighted by Gasteiger charge is 2.68. The number of hydrogen-bond acceptors (Lipinski definition) is 6. The number of ether oxygens (including phenoxy) is 1. The van der Waals surface area contributed by atoms with Crippen molar-refractivity contribution < 1.29 is 18.7 Å². The number of hydrogen-bond donors (Lipinski definition) is 3. The number of carbonyl (C=O) groups excluding carboxylic acids is 2. The first-order valence-electron chi connectivity index (χ1n) is 14.1. The summed E-state index contributed by atoms with van der Waals surface area (Å²) >= 11 is 12.7. The third kappa shape index (κ3) is 4.39. The molecule has 0 saturated carbocycles. The lowest BCUT2D eigenvalue weighted by molar-refractivity contribution is -0.128. The first-order valence-corrected chi connectivity index (χ1v) is 14.9. The van der Waals surface area contributed by atoms with E-state index in [9.17, 15) is 9.59 Å². The normalized spacial score (nSPS) is 26.5. The Bertz CT molecular complexity index is 1580. The number of amides is 1. The number of nitrogens with one attached hydrogen (secondary N) is 2. The molecule has 4 N–H and O–H groups in total. The predicted octanol–water partition coefficient (Wildman–Crippen LogP) is 6.27. The predicted molar refractivity (Wildman–Crippen MR) is 162 cm³/mol. The summed E-state index contributed by atoms with van der Waals surface area (Å²) in [5.41, 5.74) is 8.73. The maximum absolute atomic E-state index is 16.0. The van der Waals surface area contributed by atoms with Crippen LogP contribution in [-0.4, -0.2) is 42.5 Å². The van der Waals surface area contributed by atoms with Crippen molar-refractivity contribution in [1.29, 1.82) is 0 Å². The lowest BCUT2D eigenvalue weighted by Crippen LogP contribution is -2.53. The molecule has 220 valence electrons. The quantitative estimate of drug-likeness (QED) is 0.225. The van der Waals surface area contributed by atoms with Gasteiger partial charge in [-0.25, -0.2) is 9.18 Å². The first kappa shape index (κ1) is 28.9. The average molecular weight is 612 g/mol. The molecule has 1 amide bonds. The number of likely N-dealkylation sites (tertiary alicyclic amines) is 1. The number of rotatable bonds is 6. The zero-order chi connectivity index (χ0) is 29.9. The van der Waals surface area contributed by atoms with Crippen LogP contribution in [0, 0.1) is 11.7 Å². The lowest BCUT2D eigenvalue weighted by Gasteiger charge is -2.41. The molecule has 0 aromatic heterocycles. The van der Waals surface area contributed by atoms with Crippen molar-refractivity contribution in [3.05, 3.63) is 92.7 Å². The molecular weight excluding hydrogens is 578 g/mol. The maximum atomic E-state index is 16.0. The number of nitrogen functional groups attached to an aromatic ring is 1. The van der Waals surface area contributed by atoms with E-state index >= 15 is 4.39 Å². The van der Waals surface area contributed by atoms with Gasteiger partial charge in [-0.3, -0.25) is 9.69 Å². The standard InChI is InChI=1S/C32H33Cl2FN4O3/c1-16(2)11-12-39-26-15-24(19-9-7-17(13-23(19)36)30(40)42-3)37-29(26)27(20-5-4-6-22(34)28(20)35)32(39)21-10-8-18(33)14-25(21)38-31(32)41/h4-10,13-14,16,24,26-27,29,37H,11-12,15,36H2,1-3H3,(H,38,41)/t24?,26-,27-,29+,32+/m0/s1. The van der Waals surface area contributed by atoms with E-state index in [0.717, 1.165) is 17.5 Å². The molecule has 0 bridgehead atoms. The molecule has 1 unspecified atom stereocenters. The second kappa shape index (κ2) is 10.8. The Labute approximate surface area is 254 Å². The molecule has 3 aliphatic heterocycles. The molecule has 3 aromatic rings. The number of benzene rings is 3. The molecule has 2 saturated heterocycles. The van der Waals surface area contributed by atoms with Gasteiger partial charge in [0.15, 0.2) is 0 Å². The highest BCUT2D eigenvalue weighted by atomic mass is 35.5. The molecule has 0 aliphatic carbocycles. The zero-order valence-electron chi connectivity index (χ0n) is 23.6. The molecule has 5 atom stereocenters. The van der Waals surface area contributed by atoms with Gasteiger partial charge in [0.2, 0.25) is 5.91 Å². The van der Waals surface area contributed by atoms with Crippen LogP contribution >= 0.6 is 23.2 Å². The van der Waals surface area contributed by atoms with Gasteiger partial charge in [0.05, 0.1) is 17.7 Å². The van der Waals surface area contributed by atoms with Crippen LogP contribution in [0.5, 0.6) is 0 Å². The Morgan fingerprint density at radius 1 is 1.17 bits per heavy atom. The SMILES string of the molecule is COC(=O)c1ccc(C2C[C@H]3[C@@H](N2)[C@H](c2cccc(Cl)c2F)[C@]2(C(=O)Nc4cc(Cl)ccc42)N3CCC(C)C)c(N)c1. The third-order valence-corrected chi connectivity index (χ3v) is 9.61. The van der Waals surface area contributed by atoms with Gasteiger partial charge in [0.25, 0.3) is 0 Å². The highest BCUT2D eigenvalue weighted by Crippen LogP contribution is 2.60. The van der Waals surface area contributed by atoms with Crippen LogP contribution in [0.2, 0.25) is 10.0 Å². The van der Waals surface area contributed by atoms with Crippen molar-refractivity contribution in [3.8, 4) is 0 Å². The number of halogens is 3. The summed E-state index contributed by atoms with van der Waals surface area (Å²) in [4.78, 5) is 28.7. The Morgan fingerprint density at radius 2 is 1.95 bits per heavy atom. The zero-order valence-corrected chi connectivity index (χ0v) is 25.1. The summed E-state index contributed by atoms with van der Waals surface area (Å²) in [5, 5.41) is 7.33. The number of anilines is 2. The molecule has 3 aromatic carbocycles. The molecule has 3 heterocycles. The van der Waals surface area contributed by atoms with Crippen LogP contribution < -0.4 is 16.4 Å². The summed E-state index contributed by atoms with van der Waals surface area (Å²) < 4.78 is 20.9. The molecular formula is C32H33Cl2FN4O3. The fourth-order valence-electron chi connectivity index (χ4n) is 7.30. The Morgan fingerprint density at radius 3 is 2.67 bits per heavy atom. The van der Waals surface area contributed by atoms with E-state index < -0.39 is 23.2 Å². The molecule has 6 rings (SSSR count). The van der Waals surface area contributed by atoms with Crippen molar-refractivity contribution >= 4 is 46.5 Å². The fraction of sp³-hybridized carbons (Fsp3) is 0.375. The van der Waals surface area contributed by atoms with E-state index in [1.807, 2.05) is 12.1 Å². The van der Waals surface area contributed by atoms with Crippen LogP contribution in [-0.2, 0) is 15.1 Å². The number of methoxy groups -OCH3 is 1. The van der Waals surface area contributed by atoms with Gasteiger partial charge in [-0.1, -0.05) is 61.3 Å². The lowest BCUT2D eigenvalue weighted by atomic mass is 9.73. The minimum Gasteiger partial charge on any atom is -0.465 e. The number of nitrogens with zero attached hydrogens (tertiary/aromatic N) is 1. The average Bonchev–Trinajstić information content (AvgIpc) is 3.57. The van der Waals surface area contributed by atoms with Crippen molar-refractivity contribution in [2.75, 3.05) is 24.7 Å². The van der Waals surface area contributed by atoms with Crippen LogP contribution in [0.1, 0.15) is 65.7 Å². The summed E-state index contributed by atoms with van der Waals surface area (Å²) in [7, 11) is 1.33. The topological polar surface area (TPSA) is 96.7 Å². The van der Waals surface area contributed by atoms with Crippen LogP contribution in [0.15, 0.2) is 54.6 Å². The van der Waals surface area contributed by atoms with E-state index in [4.69, 9.17) is 33.7 Å². The van der Waals surface area contributed by atoms with Gasteiger partial charge >= 0.3 is 5.97 Å². The monoisotopic (exact) mass is 610 g/mol. The second-order valence-corrected chi connectivity index (χ2v) is 12.6. The summed E-state index contributed by atoms with van der Waals surface area (Å²) in [6, 6.07) is 14.9. The van der Waals surface area contributed by atoms with E-state index in [-0.39, 0.29) is 29.1 Å². The molecule has 0 radical (unpaired) electrons. The van der Waals surface area contributed by atoms with E-state index in [1.54, 1.807) is 36.4 Å². The molecule has 10 heteroatoms. The van der Waals surface area contributed by atoms with Crippen molar-refractivity contribution in [3.63, 3.8) is 0 Å². The summed E-state index contributed by atoms with van der Waals surface area (Å²) in [6.07, 6.45) is 1.47. The van der Waals surface area contributed by atoms with Crippen molar-refractivity contribution in [2.24, 2.45) is 5.92 Å². The largest absolute Gasteiger partial charge is 0.465 e. The van der Waals surface area contributed by atoms with E-state index in [1.165, 1.54) is 13.2 Å². The van der Waals surface area contributed by atoms with Crippen molar-refractivity contribution in [1.82, 2.24) is 10.2 Å².